The van der Waals surface area contributed by atoms with E-state index in [0.717, 1.165) is 19.4 Å². The van der Waals surface area contributed by atoms with Crippen LogP contribution in [0.5, 0.6) is 0 Å². The van der Waals surface area contributed by atoms with Gasteiger partial charge < -0.3 is 4.90 Å². The maximum Gasteiger partial charge on any atom is 0.185 e. The largest absolute Gasteiger partial charge is 0.302 e. The zero-order valence-electron chi connectivity index (χ0n) is 11.7. The van der Waals surface area contributed by atoms with Crippen LogP contribution < -0.4 is 0 Å². The number of pyridine rings is 1. The maximum atomic E-state index is 12.3. The highest BCUT2D eigenvalue weighted by Crippen LogP contribution is 2.20. The Kier molecular flexibility index (Phi) is 4.88. The summed E-state index contributed by atoms with van der Waals surface area (Å²) in [5, 5.41) is 0. The van der Waals surface area contributed by atoms with E-state index in [1.54, 1.807) is 18.3 Å². The van der Waals surface area contributed by atoms with Crippen molar-refractivity contribution in [2.24, 2.45) is 5.92 Å². The van der Waals surface area contributed by atoms with E-state index < -0.39 is 9.84 Å². The molecule has 2 rings (SSSR count). The van der Waals surface area contributed by atoms with E-state index in [4.69, 9.17) is 0 Å². The monoisotopic (exact) mass is 296 g/mol. The van der Waals surface area contributed by atoms with Gasteiger partial charge >= 0.3 is 0 Å². The third-order valence-electron chi connectivity index (χ3n) is 3.57. The molecule has 0 N–H and O–H groups in total. The van der Waals surface area contributed by atoms with Gasteiger partial charge in [-0.1, -0.05) is 6.07 Å². The Morgan fingerprint density at radius 3 is 2.90 bits per heavy atom. The summed E-state index contributed by atoms with van der Waals surface area (Å²) in [5.41, 5.74) is 0.502. The van der Waals surface area contributed by atoms with Gasteiger partial charge in [0.15, 0.2) is 5.78 Å². The van der Waals surface area contributed by atoms with Crippen molar-refractivity contribution in [3.63, 3.8) is 0 Å². The Morgan fingerprint density at radius 1 is 1.45 bits per heavy atom. The normalized spacial score (nSPS) is 20.8. The molecule has 6 heteroatoms. The number of nitrogens with zero attached hydrogens (tertiary/aromatic N) is 2. The average Bonchev–Trinajstić information content (AvgIpc) is 2.45. The van der Waals surface area contributed by atoms with Crippen LogP contribution in [0.4, 0.5) is 0 Å². The molecule has 1 unspecified atom stereocenters. The van der Waals surface area contributed by atoms with Gasteiger partial charge in [0.25, 0.3) is 0 Å². The average molecular weight is 296 g/mol. The minimum Gasteiger partial charge on any atom is -0.302 e. The summed E-state index contributed by atoms with van der Waals surface area (Å²) in [7, 11) is -2.95. The predicted molar refractivity (Wildman–Crippen MR) is 77.4 cm³/mol. The second kappa shape index (κ2) is 6.45. The summed E-state index contributed by atoms with van der Waals surface area (Å²) in [6.07, 6.45) is 4.64. The Balaban J connectivity index is 1.95. The Morgan fingerprint density at radius 2 is 2.25 bits per heavy atom. The first-order chi connectivity index (χ1) is 9.46. The molecule has 110 valence electrons. The lowest BCUT2D eigenvalue weighted by Gasteiger charge is -2.31. The van der Waals surface area contributed by atoms with Gasteiger partial charge in [0.05, 0.1) is 5.75 Å². The summed E-state index contributed by atoms with van der Waals surface area (Å²) in [6.45, 7) is 2.00. The molecule has 0 bridgehead atoms. The molecule has 0 radical (unpaired) electrons. The van der Waals surface area contributed by atoms with Crippen LogP contribution >= 0.6 is 0 Å². The van der Waals surface area contributed by atoms with Crippen LogP contribution in [0.3, 0.4) is 0 Å². The van der Waals surface area contributed by atoms with Gasteiger partial charge in [0.2, 0.25) is 0 Å². The summed E-state index contributed by atoms with van der Waals surface area (Å²) in [6, 6.07) is 5.33. The first-order valence-electron chi connectivity index (χ1n) is 6.81. The number of hydrogen-bond acceptors (Lipinski definition) is 5. The molecule has 20 heavy (non-hydrogen) atoms. The predicted octanol–water partition coefficient (Wildman–Crippen LogP) is 1.02. The zero-order chi connectivity index (χ0) is 14.6. The first kappa shape index (κ1) is 15.1. The second-order valence-corrected chi connectivity index (χ2v) is 7.61. The number of hydrogen-bond donors (Lipinski definition) is 0. The molecule has 0 aromatic carbocycles. The number of piperidine rings is 1. The number of ketones is 1. The van der Waals surface area contributed by atoms with Crippen molar-refractivity contribution in [1.29, 1.82) is 0 Å². The third-order valence-corrected chi connectivity index (χ3v) is 4.50. The molecular formula is C14H20N2O3S. The van der Waals surface area contributed by atoms with Crippen LogP contribution in [0.1, 0.15) is 23.3 Å². The lowest BCUT2D eigenvalue weighted by molar-refractivity contribution is 0.0821. The number of sulfone groups is 1. The van der Waals surface area contributed by atoms with Crippen molar-refractivity contribution >= 4 is 15.6 Å². The van der Waals surface area contributed by atoms with E-state index in [0.29, 0.717) is 18.8 Å². The van der Waals surface area contributed by atoms with E-state index in [-0.39, 0.29) is 17.5 Å². The third kappa shape index (κ3) is 4.38. The van der Waals surface area contributed by atoms with Crippen LogP contribution in [0.2, 0.25) is 0 Å². The fourth-order valence-electron chi connectivity index (χ4n) is 2.49. The smallest absolute Gasteiger partial charge is 0.185 e. The van der Waals surface area contributed by atoms with Crippen molar-refractivity contribution in [3.05, 3.63) is 30.1 Å². The fraction of sp³-hybridized carbons (Fsp3) is 0.571. The van der Waals surface area contributed by atoms with Gasteiger partial charge in [-0.15, -0.1) is 0 Å². The molecule has 0 aliphatic carbocycles. The summed E-state index contributed by atoms with van der Waals surface area (Å²) < 4.78 is 22.4. The lowest BCUT2D eigenvalue weighted by Crippen LogP contribution is -2.41. The van der Waals surface area contributed by atoms with Crippen LogP contribution in [0.15, 0.2) is 24.4 Å². The van der Waals surface area contributed by atoms with Crippen molar-refractivity contribution in [2.45, 2.75) is 12.8 Å². The first-order valence-corrected chi connectivity index (χ1v) is 8.87. The topological polar surface area (TPSA) is 67.3 Å². The van der Waals surface area contributed by atoms with E-state index in [1.165, 1.54) is 6.26 Å². The molecule has 1 saturated heterocycles. The van der Waals surface area contributed by atoms with E-state index >= 15 is 0 Å². The van der Waals surface area contributed by atoms with Crippen LogP contribution in [0.25, 0.3) is 0 Å². The molecule has 1 fully saturated rings. The van der Waals surface area contributed by atoms with E-state index in [2.05, 4.69) is 9.88 Å². The highest BCUT2D eigenvalue weighted by atomic mass is 32.2. The fourth-order valence-corrected chi connectivity index (χ4v) is 3.08. The van der Waals surface area contributed by atoms with Crippen LogP contribution in [-0.4, -0.2) is 55.7 Å². The molecule has 0 spiro atoms. The number of carbonyl (C=O) groups is 1. The molecule has 1 atom stereocenters. The maximum absolute atomic E-state index is 12.3. The molecule has 0 amide bonds. The molecule has 1 aliphatic rings. The summed E-state index contributed by atoms with van der Waals surface area (Å²) in [5.74, 6) is 0.144. The molecule has 1 aliphatic heterocycles. The van der Waals surface area contributed by atoms with Gasteiger partial charge in [-0.05, 0) is 31.5 Å². The SMILES string of the molecule is CS(=O)(=O)CCN1CCCC(C(=O)c2ccccn2)C1. The van der Waals surface area contributed by atoms with Crippen molar-refractivity contribution in [3.8, 4) is 0 Å². The molecule has 2 heterocycles. The number of Topliss-reactive ketones (excluding diaryl/α,β-unsaturated/α-hetero) is 1. The summed E-state index contributed by atoms with van der Waals surface area (Å²) >= 11 is 0. The Hall–Kier alpha value is -1.27. The van der Waals surface area contributed by atoms with Crippen molar-refractivity contribution < 1.29 is 13.2 Å². The van der Waals surface area contributed by atoms with Gasteiger partial charge in [-0.2, -0.15) is 0 Å². The van der Waals surface area contributed by atoms with Gasteiger partial charge in [0, 0.05) is 31.5 Å². The van der Waals surface area contributed by atoms with Crippen LogP contribution in [-0.2, 0) is 9.84 Å². The van der Waals surface area contributed by atoms with Crippen molar-refractivity contribution in [1.82, 2.24) is 9.88 Å². The van der Waals surface area contributed by atoms with Gasteiger partial charge in [-0.25, -0.2) is 8.42 Å². The zero-order valence-corrected chi connectivity index (χ0v) is 12.5. The molecular weight excluding hydrogens is 276 g/mol. The molecule has 0 saturated carbocycles. The molecule has 5 nitrogen and oxygen atoms in total. The van der Waals surface area contributed by atoms with Gasteiger partial charge in [0.1, 0.15) is 15.5 Å². The Bertz CT molecular complexity index is 557. The quantitative estimate of drug-likeness (QED) is 0.759. The highest BCUT2D eigenvalue weighted by Gasteiger charge is 2.27. The van der Waals surface area contributed by atoms with Crippen molar-refractivity contribution in [2.75, 3.05) is 31.6 Å². The number of rotatable bonds is 5. The number of likely N-dealkylation sites (tertiary alicyclic amines) is 1. The number of aromatic nitrogens is 1. The summed E-state index contributed by atoms with van der Waals surface area (Å²) in [4.78, 5) is 18.5. The standard InChI is InChI=1S/C14H20N2O3S/c1-20(18,19)10-9-16-8-4-5-12(11-16)14(17)13-6-2-3-7-15-13/h2-3,6-7,12H,4-5,8-11H2,1H3. The molecule has 1 aromatic heterocycles. The molecule has 1 aromatic rings. The van der Waals surface area contributed by atoms with Crippen LogP contribution in [0, 0.1) is 5.92 Å². The van der Waals surface area contributed by atoms with Gasteiger partial charge in [-0.3, -0.25) is 9.78 Å². The minimum absolute atomic E-state index is 0.0645. The lowest BCUT2D eigenvalue weighted by atomic mass is 9.92. The minimum atomic E-state index is -2.95. The second-order valence-electron chi connectivity index (χ2n) is 5.35. The van der Waals surface area contributed by atoms with E-state index in [1.807, 2.05) is 6.07 Å². The number of carbonyl (C=O) groups excluding carboxylic acids is 1. The van der Waals surface area contributed by atoms with E-state index in [9.17, 15) is 13.2 Å². The highest BCUT2D eigenvalue weighted by molar-refractivity contribution is 7.90. The Labute approximate surface area is 119 Å².